The van der Waals surface area contributed by atoms with E-state index in [9.17, 15) is 24.6 Å². The number of rotatable bonds is 4. The standard InChI is InChI=1S/C12H15N3O7/c13-7(17)1-2-15-3-5(11(20)14-12(15)21)10-9(19)8(18)6(4-16)22-10/h1-3,6,8-10,16,18-19H,4H2,(H2,13,17)(H,14,20,21)/t6-,8-,9-,10+/m1/s1. The zero-order valence-corrected chi connectivity index (χ0v) is 11.2. The Bertz CT molecular complexity index is 707. The largest absolute Gasteiger partial charge is 0.394 e. The maximum atomic E-state index is 11.8. The molecule has 1 aromatic rings. The molecule has 1 saturated heterocycles. The number of aliphatic hydroxyl groups excluding tert-OH is 3. The van der Waals surface area contributed by atoms with Crippen LogP contribution < -0.4 is 17.0 Å². The lowest BCUT2D eigenvalue weighted by molar-refractivity contribution is -0.113. The van der Waals surface area contributed by atoms with E-state index in [0.717, 1.165) is 23.0 Å². The third-order valence-corrected chi connectivity index (χ3v) is 3.24. The maximum absolute atomic E-state index is 11.8. The van der Waals surface area contributed by atoms with Gasteiger partial charge in [0.15, 0.2) is 0 Å². The van der Waals surface area contributed by atoms with Crippen LogP contribution in [0.25, 0.3) is 6.20 Å². The first-order valence-corrected chi connectivity index (χ1v) is 6.30. The molecule has 2 heterocycles. The van der Waals surface area contributed by atoms with Crippen molar-refractivity contribution in [1.82, 2.24) is 9.55 Å². The van der Waals surface area contributed by atoms with Gasteiger partial charge in [-0.05, 0) is 0 Å². The average Bonchev–Trinajstić information content (AvgIpc) is 2.74. The molecule has 0 aliphatic carbocycles. The quantitative estimate of drug-likeness (QED) is 0.362. The van der Waals surface area contributed by atoms with Crippen LogP contribution in [0.5, 0.6) is 0 Å². The molecule has 2 rings (SSSR count). The number of hydrogen-bond donors (Lipinski definition) is 5. The molecule has 10 heteroatoms. The SMILES string of the molecule is NC(=O)C=Cn1cc([C@@H]2O[C@H](CO)[C@@H](O)[C@H]2O)c(=O)[nH]c1=O. The van der Waals surface area contributed by atoms with Gasteiger partial charge in [0, 0.05) is 18.5 Å². The van der Waals surface area contributed by atoms with E-state index in [2.05, 4.69) is 0 Å². The molecule has 0 aromatic carbocycles. The Morgan fingerprint density at radius 1 is 1.41 bits per heavy atom. The third kappa shape index (κ3) is 2.99. The number of ether oxygens (including phenoxy) is 1. The highest BCUT2D eigenvalue weighted by Gasteiger charge is 2.44. The second-order valence-corrected chi connectivity index (χ2v) is 4.73. The van der Waals surface area contributed by atoms with Crippen molar-refractivity contribution < 1.29 is 24.9 Å². The zero-order chi connectivity index (χ0) is 16.4. The molecule has 22 heavy (non-hydrogen) atoms. The molecule has 10 nitrogen and oxygen atoms in total. The van der Waals surface area contributed by atoms with Gasteiger partial charge in [-0.15, -0.1) is 0 Å². The first-order valence-electron chi connectivity index (χ1n) is 6.30. The fraction of sp³-hybridized carbons (Fsp3) is 0.417. The highest BCUT2D eigenvalue weighted by atomic mass is 16.6. The van der Waals surface area contributed by atoms with Crippen LogP contribution in [0, 0.1) is 0 Å². The van der Waals surface area contributed by atoms with Crippen LogP contribution in [0.3, 0.4) is 0 Å². The molecule has 1 fully saturated rings. The summed E-state index contributed by atoms with van der Waals surface area (Å²) >= 11 is 0. The van der Waals surface area contributed by atoms with Crippen molar-refractivity contribution in [3.63, 3.8) is 0 Å². The van der Waals surface area contributed by atoms with E-state index < -0.39 is 48.2 Å². The van der Waals surface area contributed by atoms with Gasteiger partial charge in [0.2, 0.25) is 5.91 Å². The van der Waals surface area contributed by atoms with Gasteiger partial charge in [-0.3, -0.25) is 19.1 Å². The van der Waals surface area contributed by atoms with E-state index in [1.54, 1.807) is 0 Å². The van der Waals surface area contributed by atoms with Gasteiger partial charge in [0.1, 0.15) is 24.4 Å². The Hall–Kier alpha value is -2.27. The summed E-state index contributed by atoms with van der Waals surface area (Å²) in [6.07, 6.45) is -2.13. The number of hydrogen-bond acceptors (Lipinski definition) is 7. The number of nitrogens with one attached hydrogen (secondary N) is 1. The van der Waals surface area contributed by atoms with Crippen LogP contribution in [0.2, 0.25) is 0 Å². The number of aromatic nitrogens is 2. The first-order chi connectivity index (χ1) is 10.3. The summed E-state index contributed by atoms with van der Waals surface area (Å²) in [7, 11) is 0. The molecule has 4 atom stereocenters. The second-order valence-electron chi connectivity index (χ2n) is 4.73. The zero-order valence-electron chi connectivity index (χ0n) is 11.2. The van der Waals surface area contributed by atoms with E-state index in [0.29, 0.717) is 0 Å². The van der Waals surface area contributed by atoms with Gasteiger partial charge in [-0.1, -0.05) is 0 Å². The molecule has 1 aliphatic heterocycles. The summed E-state index contributed by atoms with van der Waals surface area (Å²) in [5.41, 5.74) is 3.14. The molecule has 0 radical (unpaired) electrons. The maximum Gasteiger partial charge on any atom is 0.332 e. The lowest BCUT2D eigenvalue weighted by Crippen LogP contribution is -2.35. The lowest BCUT2D eigenvalue weighted by atomic mass is 10.0. The van der Waals surface area contributed by atoms with E-state index in [-0.39, 0.29) is 5.56 Å². The molecule has 1 amide bonds. The van der Waals surface area contributed by atoms with Gasteiger partial charge in [0.05, 0.1) is 12.2 Å². The summed E-state index contributed by atoms with van der Waals surface area (Å²) in [6, 6.07) is 0. The van der Waals surface area contributed by atoms with Crippen LogP contribution in [-0.4, -0.2) is 55.7 Å². The Kier molecular flexibility index (Phi) is 4.56. The second kappa shape index (κ2) is 6.23. The predicted octanol–water partition coefficient (Wildman–Crippen LogP) is -3.35. The number of nitrogens with zero attached hydrogens (tertiary/aromatic N) is 1. The molecular weight excluding hydrogens is 298 g/mol. The van der Waals surface area contributed by atoms with Gasteiger partial charge in [0.25, 0.3) is 5.56 Å². The molecule has 1 aliphatic rings. The van der Waals surface area contributed by atoms with Crippen molar-refractivity contribution in [1.29, 1.82) is 0 Å². The minimum absolute atomic E-state index is 0.142. The Balaban J connectivity index is 2.44. The number of amides is 1. The van der Waals surface area contributed by atoms with Gasteiger partial charge in [-0.25, -0.2) is 4.79 Å². The van der Waals surface area contributed by atoms with Crippen molar-refractivity contribution in [2.75, 3.05) is 6.61 Å². The molecule has 0 spiro atoms. The summed E-state index contributed by atoms with van der Waals surface area (Å²) in [6.45, 7) is -0.548. The van der Waals surface area contributed by atoms with Crippen molar-refractivity contribution in [3.05, 3.63) is 38.7 Å². The number of carbonyl (C=O) groups is 1. The van der Waals surface area contributed by atoms with Crippen LogP contribution in [0.4, 0.5) is 0 Å². The summed E-state index contributed by atoms with van der Waals surface area (Å²) < 4.78 is 6.09. The highest BCUT2D eigenvalue weighted by molar-refractivity contribution is 5.88. The first kappa shape index (κ1) is 16.1. The Labute approximate surface area is 123 Å². The Morgan fingerprint density at radius 2 is 2.09 bits per heavy atom. The van der Waals surface area contributed by atoms with Crippen molar-refractivity contribution in [2.24, 2.45) is 5.73 Å². The number of primary amides is 1. The summed E-state index contributed by atoms with van der Waals surface area (Å²) in [5, 5.41) is 28.6. The number of H-pyrrole nitrogens is 1. The van der Waals surface area contributed by atoms with E-state index in [1.807, 2.05) is 4.98 Å². The molecule has 120 valence electrons. The number of aliphatic hydroxyl groups is 3. The van der Waals surface area contributed by atoms with Crippen molar-refractivity contribution in [2.45, 2.75) is 24.4 Å². The molecule has 0 unspecified atom stereocenters. The smallest absolute Gasteiger partial charge is 0.332 e. The molecule has 6 N–H and O–H groups in total. The minimum atomic E-state index is -1.45. The number of nitrogens with two attached hydrogens (primary N) is 1. The van der Waals surface area contributed by atoms with Gasteiger partial charge < -0.3 is 25.8 Å². The fourth-order valence-electron chi connectivity index (χ4n) is 2.12. The van der Waals surface area contributed by atoms with Crippen LogP contribution in [0.1, 0.15) is 11.7 Å². The van der Waals surface area contributed by atoms with E-state index >= 15 is 0 Å². The van der Waals surface area contributed by atoms with Gasteiger partial charge >= 0.3 is 5.69 Å². The lowest BCUT2D eigenvalue weighted by Gasteiger charge is -2.14. The minimum Gasteiger partial charge on any atom is -0.394 e. The summed E-state index contributed by atoms with van der Waals surface area (Å²) in [5.74, 6) is -0.799. The Morgan fingerprint density at radius 3 is 2.64 bits per heavy atom. The number of carbonyl (C=O) groups excluding carboxylic acids is 1. The van der Waals surface area contributed by atoms with E-state index in [4.69, 9.17) is 15.6 Å². The highest BCUT2D eigenvalue weighted by Crippen LogP contribution is 2.31. The average molecular weight is 313 g/mol. The van der Waals surface area contributed by atoms with Crippen LogP contribution in [0.15, 0.2) is 21.9 Å². The topological polar surface area (TPSA) is 168 Å². The van der Waals surface area contributed by atoms with Crippen LogP contribution in [-0.2, 0) is 9.53 Å². The molecule has 1 aromatic heterocycles. The van der Waals surface area contributed by atoms with Crippen molar-refractivity contribution >= 4 is 12.1 Å². The number of aromatic amines is 1. The molecule has 0 saturated carbocycles. The normalized spacial score (nSPS) is 28.3. The monoisotopic (exact) mass is 313 g/mol. The van der Waals surface area contributed by atoms with Crippen LogP contribution >= 0.6 is 0 Å². The predicted molar refractivity (Wildman–Crippen MR) is 72.6 cm³/mol. The van der Waals surface area contributed by atoms with Crippen molar-refractivity contribution in [3.8, 4) is 0 Å². The van der Waals surface area contributed by atoms with Gasteiger partial charge in [-0.2, -0.15) is 0 Å². The van der Waals surface area contributed by atoms with E-state index in [1.165, 1.54) is 0 Å². The molecule has 0 bridgehead atoms. The fourth-order valence-corrected chi connectivity index (χ4v) is 2.12. The summed E-state index contributed by atoms with van der Waals surface area (Å²) in [4.78, 5) is 36.1. The molecular formula is C12H15N3O7. The third-order valence-electron chi connectivity index (χ3n) is 3.24.